The first kappa shape index (κ1) is 17.1. The summed E-state index contributed by atoms with van der Waals surface area (Å²) in [6, 6.07) is 5.61. The summed E-state index contributed by atoms with van der Waals surface area (Å²) in [7, 11) is 0. The van der Waals surface area contributed by atoms with Crippen LogP contribution in [0.2, 0.25) is 0 Å². The molecule has 2 atom stereocenters. The Morgan fingerprint density at radius 2 is 2.27 bits per heavy atom. The van der Waals surface area contributed by atoms with E-state index < -0.39 is 11.2 Å². The van der Waals surface area contributed by atoms with Crippen molar-refractivity contribution in [3.05, 3.63) is 47.2 Å². The van der Waals surface area contributed by atoms with Crippen LogP contribution in [0.5, 0.6) is 0 Å². The van der Waals surface area contributed by atoms with Crippen LogP contribution in [0.15, 0.2) is 35.8 Å². The molecule has 1 spiro atoms. The van der Waals surface area contributed by atoms with E-state index in [0.29, 0.717) is 18.5 Å². The molecule has 2 heterocycles. The lowest BCUT2D eigenvalue weighted by Crippen LogP contribution is -2.46. The molecule has 2 aliphatic rings. The van der Waals surface area contributed by atoms with Crippen LogP contribution >= 0.6 is 11.3 Å². The Balaban J connectivity index is 1.46. The molecule has 1 aromatic heterocycles. The maximum Gasteiger partial charge on any atom is 0.251 e. The highest BCUT2D eigenvalue weighted by Crippen LogP contribution is 2.46. The summed E-state index contributed by atoms with van der Waals surface area (Å²) in [6.45, 7) is 0.677. The molecule has 1 aromatic carbocycles. The molecule has 26 heavy (non-hydrogen) atoms. The predicted octanol–water partition coefficient (Wildman–Crippen LogP) is 3.38. The van der Waals surface area contributed by atoms with Crippen molar-refractivity contribution in [2.45, 2.75) is 38.1 Å². The van der Waals surface area contributed by atoms with E-state index in [1.54, 1.807) is 17.2 Å². The van der Waals surface area contributed by atoms with Gasteiger partial charge in [0.2, 0.25) is 5.91 Å². The van der Waals surface area contributed by atoms with E-state index in [-0.39, 0.29) is 17.9 Å². The SMILES string of the molecule is O=C(NC1CCCC2(CCN(c3nccs3)C2=O)C1)c1cccc(F)c1. The van der Waals surface area contributed by atoms with Gasteiger partial charge in [-0.2, -0.15) is 0 Å². The summed E-state index contributed by atoms with van der Waals surface area (Å²) < 4.78 is 13.3. The second-order valence-corrected chi connectivity index (χ2v) is 7.95. The topological polar surface area (TPSA) is 62.3 Å². The van der Waals surface area contributed by atoms with Crippen LogP contribution in [0.3, 0.4) is 0 Å². The average molecular weight is 373 g/mol. The zero-order chi connectivity index (χ0) is 18.1. The third kappa shape index (κ3) is 3.11. The maximum atomic E-state index is 13.3. The molecule has 2 fully saturated rings. The van der Waals surface area contributed by atoms with E-state index in [2.05, 4.69) is 10.3 Å². The van der Waals surface area contributed by atoms with Gasteiger partial charge in [0, 0.05) is 29.7 Å². The molecule has 2 amide bonds. The lowest BCUT2D eigenvalue weighted by Gasteiger charge is -2.36. The summed E-state index contributed by atoms with van der Waals surface area (Å²) in [5, 5.41) is 5.61. The third-order valence-corrected chi connectivity index (χ3v) is 6.22. The van der Waals surface area contributed by atoms with Crippen molar-refractivity contribution >= 4 is 28.3 Å². The molecule has 2 unspecified atom stereocenters. The van der Waals surface area contributed by atoms with Crippen molar-refractivity contribution in [2.75, 3.05) is 11.4 Å². The summed E-state index contributed by atoms with van der Waals surface area (Å²) >= 11 is 1.47. The van der Waals surface area contributed by atoms with Crippen LogP contribution in [0, 0.1) is 11.2 Å². The van der Waals surface area contributed by atoms with Gasteiger partial charge in [0.25, 0.3) is 5.91 Å². The second-order valence-electron chi connectivity index (χ2n) is 7.08. The fourth-order valence-electron chi connectivity index (χ4n) is 4.16. The van der Waals surface area contributed by atoms with E-state index in [1.165, 1.54) is 29.5 Å². The fourth-order valence-corrected chi connectivity index (χ4v) is 4.82. The molecule has 1 saturated heterocycles. The summed E-state index contributed by atoms with van der Waals surface area (Å²) in [6.07, 6.45) is 5.71. The van der Waals surface area contributed by atoms with Crippen molar-refractivity contribution in [1.82, 2.24) is 10.3 Å². The van der Waals surface area contributed by atoms with Crippen molar-refractivity contribution < 1.29 is 14.0 Å². The number of hydrogen-bond acceptors (Lipinski definition) is 4. The highest BCUT2D eigenvalue weighted by atomic mass is 32.1. The molecule has 5 nitrogen and oxygen atoms in total. The first-order chi connectivity index (χ1) is 12.6. The quantitative estimate of drug-likeness (QED) is 0.897. The van der Waals surface area contributed by atoms with Crippen LogP contribution in [0.4, 0.5) is 9.52 Å². The van der Waals surface area contributed by atoms with Crippen molar-refractivity contribution in [1.29, 1.82) is 0 Å². The fraction of sp³-hybridized carbons (Fsp3) is 0.421. The molecule has 0 bridgehead atoms. The van der Waals surface area contributed by atoms with Crippen molar-refractivity contribution in [3.8, 4) is 0 Å². The number of thiazole rings is 1. The Morgan fingerprint density at radius 1 is 1.38 bits per heavy atom. The van der Waals surface area contributed by atoms with Crippen LogP contribution in [0.25, 0.3) is 0 Å². The number of carbonyl (C=O) groups excluding carboxylic acids is 2. The van der Waals surface area contributed by atoms with Gasteiger partial charge in [0.1, 0.15) is 5.82 Å². The third-order valence-electron chi connectivity index (χ3n) is 5.43. The molecule has 1 aliphatic carbocycles. The number of anilines is 1. The molecule has 1 saturated carbocycles. The average Bonchev–Trinajstić information content (AvgIpc) is 3.25. The number of amides is 2. The molecule has 136 valence electrons. The first-order valence-electron chi connectivity index (χ1n) is 8.85. The molecule has 1 N–H and O–H groups in total. The van der Waals surface area contributed by atoms with Crippen molar-refractivity contribution in [2.24, 2.45) is 5.41 Å². The molecule has 4 rings (SSSR count). The summed E-state index contributed by atoms with van der Waals surface area (Å²) in [5.41, 5.74) is -0.101. The Bertz CT molecular complexity index is 826. The standard InChI is InChI=1S/C19H20FN3O2S/c20-14-4-1-3-13(11-14)16(24)22-15-5-2-6-19(12-15)7-9-23(17(19)25)18-21-8-10-26-18/h1,3-4,8,10-11,15H,2,5-7,9,12H2,(H,22,24). The van der Waals surface area contributed by atoms with Gasteiger partial charge < -0.3 is 5.32 Å². The molecular weight excluding hydrogens is 353 g/mol. The van der Waals surface area contributed by atoms with Crippen LogP contribution in [-0.2, 0) is 4.79 Å². The van der Waals surface area contributed by atoms with E-state index >= 15 is 0 Å². The second kappa shape index (κ2) is 6.79. The molecule has 0 radical (unpaired) electrons. The summed E-state index contributed by atoms with van der Waals surface area (Å²) in [5.74, 6) is -0.589. The molecule has 2 aromatic rings. The highest BCUT2D eigenvalue weighted by Gasteiger charge is 2.50. The minimum absolute atomic E-state index is 0.0697. The number of benzene rings is 1. The zero-order valence-corrected chi connectivity index (χ0v) is 15.1. The van der Waals surface area contributed by atoms with Gasteiger partial charge in [-0.05, 0) is 43.9 Å². The number of rotatable bonds is 3. The van der Waals surface area contributed by atoms with Crippen LogP contribution in [-0.4, -0.2) is 29.4 Å². The number of nitrogens with zero attached hydrogens (tertiary/aromatic N) is 2. The van der Waals surface area contributed by atoms with E-state index in [0.717, 1.165) is 30.8 Å². The van der Waals surface area contributed by atoms with Gasteiger partial charge in [-0.1, -0.05) is 12.5 Å². The van der Waals surface area contributed by atoms with Crippen LogP contribution in [0.1, 0.15) is 42.5 Å². The first-order valence-corrected chi connectivity index (χ1v) is 9.73. The predicted molar refractivity (Wildman–Crippen MR) is 97.6 cm³/mol. The van der Waals surface area contributed by atoms with E-state index in [1.807, 2.05) is 5.38 Å². The van der Waals surface area contributed by atoms with E-state index in [4.69, 9.17) is 0 Å². The smallest absolute Gasteiger partial charge is 0.251 e. The molecular formula is C19H20FN3O2S. The highest BCUT2D eigenvalue weighted by molar-refractivity contribution is 7.13. The lowest BCUT2D eigenvalue weighted by molar-refractivity contribution is -0.127. The van der Waals surface area contributed by atoms with Gasteiger partial charge >= 0.3 is 0 Å². The van der Waals surface area contributed by atoms with Crippen molar-refractivity contribution in [3.63, 3.8) is 0 Å². The summed E-state index contributed by atoms with van der Waals surface area (Å²) in [4.78, 5) is 31.5. The van der Waals surface area contributed by atoms with Gasteiger partial charge in [0.15, 0.2) is 5.13 Å². The number of nitrogens with one attached hydrogen (secondary N) is 1. The Labute approximate surface area is 155 Å². The minimum Gasteiger partial charge on any atom is -0.349 e. The van der Waals surface area contributed by atoms with Gasteiger partial charge in [-0.25, -0.2) is 9.37 Å². The number of hydrogen-bond donors (Lipinski definition) is 1. The Hall–Kier alpha value is -2.28. The largest absolute Gasteiger partial charge is 0.349 e. The Morgan fingerprint density at radius 3 is 3.04 bits per heavy atom. The van der Waals surface area contributed by atoms with Gasteiger partial charge in [-0.15, -0.1) is 11.3 Å². The van der Waals surface area contributed by atoms with E-state index in [9.17, 15) is 14.0 Å². The van der Waals surface area contributed by atoms with Crippen LogP contribution < -0.4 is 10.2 Å². The molecule has 1 aliphatic heterocycles. The zero-order valence-electron chi connectivity index (χ0n) is 14.3. The van der Waals surface area contributed by atoms with Gasteiger partial charge in [-0.3, -0.25) is 14.5 Å². The Kier molecular flexibility index (Phi) is 4.48. The normalized spacial score (nSPS) is 25.7. The molecule has 7 heteroatoms. The maximum absolute atomic E-state index is 13.3. The minimum atomic E-state index is -0.428. The number of aromatic nitrogens is 1. The lowest BCUT2D eigenvalue weighted by atomic mass is 9.71. The monoisotopic (exact) mass is 373 g/mol. The number of carbonyl (C=O) groups is 2. The number of halogens is 1. The van der Waals surface area contributed by atoms with Gasteiger partial charge in [0.05, 0.1) is 5.41 Å².